The monoisotopic (exact) mass is 273 g/mol. The number of pyridine rings is 1. The molecule has 2 N–H and O–H groups in total. The summed E-state index contributed by atoms with van der Waals surface area (Å²) in [5.41, 5.74) is 0. The minimum absolute atomic E-state index is 0.174. The quantitative estimate of drug-likeness (QED) is 0.686. The van der Waals surface area contributed by atoms with Crippen LogP contribution in [-0.2, 0) is 14.8 Å². The molecule has 0 aliphatic heterocycles. The molecule has 0 aliphatic carbocycles. The molecule has 0 aliphatic rings. The number of rotatable bonds is 8. The molecule has 0 radical (unpaired) electrons. The normalized spacial score (nSPS) is 11.4. The highest BCUT2D eigenvalue weighted by Crippen LogP contribution is 2.09. The van der Waals surface area contributed by atoms with Gasteiger partial charge in [0, 0.05) is 33.5 Å². The van der Waals surface area contributed by atoms with E-state index in [4.69, 9.17) is 4.74 Å². The van der Waals surface area contributed by atoms with Crippen LogP contribution in [-0.4, -0.2) is 40.7 Å². The van der Waals surface area contributed by atoms with Gasteiger partial charge in [-0.25, -0.2) is 18.1 Å². The summed E-state index contributed by atoms with van der Waals surface area (Å²) in [7, 11) is -0.103. The van der Waals surface area contributed by atoms with Crippen molar-refractivity contribution in [3.8, 4) is 0 Å². The molecule has 6 nitrogen and oxygen atoms in total. The molecule has 0 spiro atoms. The number of hydrogen-bond donors (Lipinski definition) is 2. The molecule has 7 heteroatoms. The Morgan fingerprint density at radius 1 is 1.33 bits per heavy atom. The number of methoxy groups -OCH3 is 1. The zero-order valence-corrected chi connectivity index (χ0v) is 11.5. The van der Waals surface area contributed by atoms with Gasteiger partial charge in [-0.3, -0.25) is 0 Å². The van der Waals surface area contributed by atoms with Gasteiger partial charge in [-0.05, 0) is 25.0 Å². The second-order valence-corrected chi connectivity index (χ2v) is 5.49. The van der Waals surface area contributed by atoms with Gasteiger partial charge in [0.2, 0.25) is 10.0 Å². The molecule has 0 atom stereocenters. The minimum atomic E-state index is -3.45. The van der Waals surface area contributed by atoms with Gasteiger partial charge in [-0.15, -0.1) is 0 Å². The summed E-state index contributed by atoms with van der Waals surface area (Å²) < 4.78 is 31.1. The van der Waals surface area contributed by atoms with E-state index in [0.29, 0.717) is 19.0 Å². The molecule has 102 valence electrons. The summed E-state index contributed by atoms with van der Waals surface area (Å²) >= 11 is 0. The molecule has 18 heavy (non-hydrogen) atoms. The highest BCUT2D eigenvalue weighted by atomic mass is 32.2. The molecule has 0 fully saturated rings. The van der Waals surface area contributed by atoms with Gasteiger partial charge in [0.05, 0.1) is 0 Å². The van der Waals surface area contributed by atoms with Gasteiger partial charge < -0.3 is 10.1 Å². The first-order chi connectivity index (χ1) is 8.60. The Morgan fingerprint density at radius 2 is 2.11 bits per heavy atom. The van der Waals surface area contributed by atoms with Crippen LogP contribution in [0.3, 0.4) is 0 Å². The topological polar surface area (TPSA) is 80.3 Å². The van der Waals surface area contributed by atoms with Crippen molar-refractivity contribution in [3.05, 3.63) is 18.3 Å². The Morgan fingerprint density at radius 3 is 2.67 bits per heavy atom. The average Bonchev–Trinajstić information content (AvgIpc) is 2.38. The van der Waals surface area contributed by atoms with Crippen LogP contribution in [0.4, 0.5) is 5.82 Å². The van der Waals surface area contributed by atoms with Crippen LogP contribution in [0.1, 0.15) is 12.8 Å². The number of anilines is 1. The number of ether oxygens (including phenoxy) is 1. The smallest absolute Gasteiger partial charge is 0.242 e. The molecule has 1 rings (SSSR count). The van der Waals surface area contributed by atoms with E-state index in [9.17, 15) is 8.42 Å². The summed E-state index contributed by atoms with van der Waals surface area (Å²) in [6.45, 7) is 1.04. The average molecular weight is 273 g/mol. The van der Waals surface area contributed by atoms with E-state index in [2.05, 4.69) is 15.0 Å². The van der Waals surface area contributed by atoms with E-state index in [1.165, 1.54) is 12.3 Å². The highest BCUT2D eigenvalue weighted by molar-refractivity contribution is 7.89. The van der Waals surface area contributed by atoms with Crippen LogP contribution < -0.4 is 10.0 Å². The first-order valence-corrected chi connectivity index (χ1v) is 7.21. The maximum atomic E-state index is 11.9. The van der Waals surface area contributed by atoms with Gasteiger partial charge in [0.15, 0.2) is 0 Å². The molecule has 0 bridgehead atoms. The van der Waals surface area contributed by atoms with Crippen LogP contribution in [0.15, 0.2) is 23.2 Å². The lowest BCUT2D eigenvalue weighted by Gasteiger charge is -2.07. The maximum Gasteiger partial charge on any atom is 0.242 e. The van der Waals surface area contributed by atoms with Crippen LogP contribution in [0.25, 0.3) is 0 Å². The van der Waals surface area contributed by atoms with Gasteiger partial charge >= 0.3 is 0 Å². The Labute approximate surface area is 108 Å². The van der Waals surface area contributed by atoms with Crippen LogP contribution >= 0.6 is 0 Å². The third-order valence-corrected chi connectivity index (χ3v) is 3.82. The SMILES string of the molecule is CNc1ccc(S(=O)(=O)NCCCCOC)cn1. The Hall–Kier alpha value is -1.18. The lowest BCUT2D eigenvalue weighted by Crippen LogP contribution is -2.25. The van der Waals surface area contributed by atoms with Crippen LogP contribution in [0.2, 0.25) is 0 Å². The molecular weight excluding hydrogens is 254 g/mol. The zero-order valence-electron chi connectivity index (χ0n) is 10.6. The second-order valence-electron chi connectivity index (χ2n) is 3.73. The molecule has 0 aromatic carbocycles. The van der Waals surface area contributed by atoms with Gasteiger partial charge in [-0.2, -0.15) is 0 Å². The number of unbranched alkanes of at least 4 members (excludes halogenated alkanes) is 1. The fourth-order valence-electron chi connectivity index (χ4n) is 1.35. The van der Waals surface area contributed by atoms with Crippen molar-refractivity contribution in [2.24, 2.45) is 0 Å². The largest absolute Gasteiger partial charge is 0.385 e. The fraction of sp³-hybridized carbons (Fsp3) is 0.545. The van der Waals surface area contributed by atoms with Crippen molar-refractivity contribution in [1.82, 2.24) is 9.71 Å². The lowest BCUT2D eigenvalue weighted by molar-refractivity contribution is 0.193. The predicted molar refractivity (Wildman–Crippen MR) is 70.1 cm³/mol. The van der Waals surface area contributed by atoms with Crippen molar-refractivity contribution in [1.29, 1.82) is 0 Å². The summed E-state index contributed by atoms with van der Waals surface area (Å²) in [4.78, 5) is 4.15. The van der Waals surface area contributed by atoms with E-state index >= 15 is 0 Å². The van der Waals surface area contributed by atoms with Crippen LogP contribution in [0.5, 0.6) is 0 Å². The number of nitrogens with one attached hydrogen (secondary N) is 2. The number of nitrogens with zero attached hydrogens (tertiary/aromatic N) is 1. The predicted octanol–water partition coefficient (Wildman–Crippen LogP) is 0.828. The molecular formula is C11H19N3O3S. The Balaban J connectivity index is 2.51. The van der Waals surface area contributed by atoms with Crippen molar-refractivity contribution in [3.63, 3.8) is 0 Å². The summed E-state index contributed by atoms with van der Waals surface area (Å²) in [5, 5.41) is 2.83. The van der Waals surface area contributed by atoms with E-state index in [1.54, 1.807) is 20.2 Å². The number of sulfonamides is 1. The molecule has 1 heterocycles. The fourth-order valence-corrected chi connectivity index (χ4v) is 2.37. The van der Waals surface area contributed by atoms with E-state index < -0.39 is 10.0 Å². The summed E-state index contributed by atoms with van der Waals surface area (Å²) in [6, 6.07) is 3.15. The second kappa shape index (κ2) is 7.30. The third kappa shape index (κ3) is 4.59. The molecule has 0 amide bonds. The van der Waals surface area contributed by atoms with Gasteiger partial charge in [0.1, 0.15) is 10.7 Å². The zero-order chi connectivity index (χ0) is 13.4. The highest BCUT2D eigenvalue weighted by Gasteiger charge is 2.13. The molecule has 1 aromatic rings. The molecule has 0 saturated carbocycles. The van der Waals surface area contributed by atoms with Crippen molar-refractivity contribution in [2.45, 2.75) is 17.7 Å². The molecule has 0 unspecified atom stereocenters. The molecule has 1 aromatic heterocycles. The van der Waals surface area contributed by atoms with Crippen molar-refractivity contribution < 1.29 is 13.2 Å². The Kier molecular flexibility index (Phi) is 6.03. The van der Waals surface area contributed by atoms with E-state index in [0.717, 1.165) is 12.8 Å². The first-order valence-electron chi connectivity index (χ1n) is 5.72. The van der Waals surface area contributed by atoms with E-state index in [-0.39, 0.29) is 4.90 Å². The van der Waals surface area contributed by atoms with Gasteiger partial charge in [-0.1, -0.05) is 0 Å². The molecule has 0 saturated heterocycles. The third-order valence-electron chi connectivity index (χ3n) is 2.37. The lowest BCUT2D eigenvalue weighted by atomic mass is 10.3. The standard InChI is InChI=1S/C11H19N3O3S/c1-12-11-6-5-10(9-13-11)18(15,16)14-7-3-4-8-17-2/h5-6,9,14H,3-4,7-8H2,1-2H3,(H,12,13). The van der Waals surface area contributed by atoms with E-state index in [1.807, 2.05) is 0 Å². The number of hydrogen-bond acceptors (Lipinski definition) is 5. The van der Waals surface area contributed by atoms with Gasteiger partial charge in [0.25, 0.3) is 0 Å². The van der Waals surface area contributed by atoms with Crippen LogP contribution in [0, 0.1) is 0 Å². The Bertz CT molecular complexity index is 445. The summed E-state index contributed by atoms with van der Waals surface area (Å²) in [6.07, 6.45) is 2.91. The first kappa shape index (κ1) is 14.9. The number of aromatic nitrogens is 1. The van der Waals surface area contributed by atoms with Crippen molar-refractivity contribution in [2.75, 3.05) is 32.6 Å². The summed E-state index contributed by atoms with van der Waals surface area (Å²) in [5.74, 6) is 0.633. The van der Waals surface area contributed by atoms with Crippen molar-refractivity contribution >= 4 is 15.8 Å². The minimum Gasteiger partial charge on any atom is -0.385 e. The maximum absolute atomic E-state index is 11.9.